The zero-order valence-electron chi connectivity index (χ0n) is 14.9. The quantitative estimate of drug-likeness (QED) is 0.741. The fraction of sp³-hybridized carbons (Fsp3) is 0.444. The third kappa shape index (κ3) is 5.30. The Bertz CT molecular complexity index is 704. The molecule has 0 saturated carbocycles. The van der Waals surface area contributed by atoms with Gasteiger partial charge in [0.2, 0.25) is 5.91 Å². The molecule has 1 unspecified atom stereocenters. The van der Waals surface area contributed by atoms with Crippen LogP contribution in [0.1, 0.15) is 42.6 Å². The van der Waals surface area contributed by atoms with Crippen LogP contribution in [0.5, 0.6) is 0 Å². The Hall–Kier alpha value is -2.90. The molecule has 1 heterocycles. The molecule has 2 N–H and O–H groups in total. The molecule has 1 aromatic rings. The number of amides is 4. The van der Waals surface area contributed by atoms with Crippen LogP contribution in [-0.2, 0) is 20.9 Å². The van der Waals surface area contributed by atoms with Crippen molar-refractivity contribution in [1.29, 1.82) is 0 Å². The first-order valence-electron chi connectivity index (χ1n) is 8.57. The Morgan fingerprint density at radius 3 is 2.73 bits per heavy atom. The highest BCUT2D eigenvalue weighted by Crippen LogP contribution is 2.16. The maximum atomic E-state index is 12.2. The van der Waals surface area contributed by atoms with E-state index in [9.17, 15) is 19.2 Å². The second kappa shape index (κ2) is 8.98. The zero-order chi connectivity index (χ0) is 19.1. The lowest BCUT2D eigenvalue weighted by atomic mass is 10.1. The first-order valence-corrected chi connectivity index (χ1v) is 8.57. The molecule has 1 saturated heterocycles. The maximum absolute atomic E-state index is 12.2. The van der Waals surface area contributed by atoms with E-state index in [1.807, 2.05) is 6.07 Å². The summed E-state index contributed by atoms with van der Waals surface area (Å²) >= 11 is 0. The summed E-state index contributed by atoms with van der Waals surface area (Å²) in [6, 6.07) is 6.10. The van der Waals surface area contributed by atoms with Gasteiger partial charge in [0.1, 0.15) is 0 Å². The summed E-state index contributed by atoms with van der Waals surface area (Å²) in [5.41, 5.74) is 1.10. The summed E-state index contributed by atoms with van der Waals surface area (Å²) in [7, 11) is 0. The van der Waals surface area contributed by atoms with Crippen molar-refractivity contribution in [2.24, 2.45) is 0 Å². The number of carbonyl (C=O) groups is 4. The van der Waals surface area contributed by atoms with Crippen LogP contribution in [0.2, 0.25) is 0 Å². The first-order chi connectivity index (χ1) is 12.4. The van der Waals surface area contributed by atoms with Gasteiger partial charge in [0.15, 0.2) is 6.10 Å². The third-order valence-electron chi connectivity index (χ3n) is 3.93. The molecule has 1 atom stereocenters. The van der Waals surface area contributed by atoms with Gasteiger partial charge >= 0.3 is 12.0 Å². The summed E-state index contributed by atoms with van der Waals surface area (Å²) in [6.07, 6.45) is 0.285. The summed E-state index contributed by atoms with van der Waals surface area (Å²) in [5.74, 6) is -1.27. The van der Waals surface area contributed by atoms with E-state index >= 15 is 0 Å². The van der Waals surface area contributed by atoms with Crippen LogP contribution < -0.4 is 10.6 Å². The molecule has 1 aliphatic rings. The van der Waals surface area contributed by atoms with Gasteiger partial charge in [-0.05, 0) is 38.0 Å². The number of benzene rings is 1. The van der Waals surface area contributed by atoms with Crippen LogP contribution in [0.25, 0.3) is 0 Å². The van der Waals surface area contributed by atoms with Crippen molar-refractivity contribution in [3.63, 3.8) is 0 Å². The lowest BCUT2D eigenvalue weighted by Gasteiger charge is -2.16. The van der Waals surface area contributed by atoms with E-state index in [1.165, 1.54) is 6.92 Å². The number of carbonyl (C=O) groups excluding carboxylic acids is 4. The molecule has 0 aliphatic carbocycles. The van der Waals surface area contributed by atoms with Crippen molar-refractivity contribution in [1.82, 2.24) is 15.5 Å². The van der Waals surface area contributed by atoms with E-state index in [2.05, 4.69) is 10.6 Å². The average molecular weight is 361 g/mol. The highest BCUT2D eigenvalue weighted by Gasteiger charge is 2.22. The number of hydrogen-bond donors (Lipinski definition) is 2. The van der Waals surface area contributed by atoms with Gasteiger partial charge in [-0.15, -0.1) is 0 Å². The van der Waals surface area contributed by atoms with Gasteiger partial charge in [-0.25, -0.2) is 9.59 Å². The topological polar surface area (TPSA) is 105 Å². The number of esters is 1. The van der Waals surface area contributed by atoms with E-state index in [4.69, 9.17) is 4.74 Å². The number of urea groups is 1. The van der Waals surface area contributed by atoms with Gasteiger partial charge in [-0.1, -0.05) is 12.1 Å². The van der Waals surface area contributed by atoms with Crippen LogP contribution in [-0.4, -0.2) is 47.9 Å². The van der Waals surface area contributed by atoms with E-state index in [-0.39, 0.29) is 11.5 Å². The molecule has 1 aliphatic heterocycles. The van der Waals surface area contributed by atoms with E-state index < -0.39 is 24.0 Å². The highest BCUT2D eigenvalue weighted by atomic mass is 16.5. The molecule has 140 valence electrons. The van der Waals surface area contributed by atoms with Crippen molar-refractivity contribution in [2.45, 2.75) is 39.3 Å². The van der Waals surface area contributed by atoms with Gasteiger partial charge in [0, 0.05) is 26.1 Å². The van der Waals surface area contributed by atoms with Crippen LogP contribution in [0.15, 0.2) is 24.3 Å². The summed E-state index contributed by atoms with van der Waals surface area (Å²) in [4.78, 5) is 48.9. The first kappa shape index (κ1) is 19.4. The molecular weight excluding hydrogens is 338 g/mol. The van der Waals surface area contributed by atoms with Crippen LogP contribution in [0.3, 0.4) is 0 Å². The fourth-order valence-corrected chi connectivity index (χ4v) is 2.59. The number of rotatable bonds is 6. The van der Waals surface area contributed by atoms with Crippen molar-refractivity contribution in [3.05, 3.63) is 35.4 Å². The monoisotopic (exact) mass is 361 g/mol. The lowest BCUT2D eigenvalue weighted by molar-refractivity contribution is -0.128. The molecule has 8 nitrogen and oxygen atoms in total. The Morgan fingerprint density at radius 2 is 2.08 bits per heavy atom. The Kier molecular flexibility index (Phi) is 6.71. The second-order valence-electron chi connectivity index (χ2n) is 6.02. The average Bonchev–Trinajstić information content (AvgIpc) is 3.00. The molecule has 0 bridgehead atoms. The zero-order valence-corrected chi connectivity index (χ0v) is 14.9. The maximum Gasteiger partial charge on any atom is 0.338 e. The fourth-order valence-electron chi connectivity index (χ4n) is 2.59. The van der Waals surface area contributed by atoms with Gasteiger partial charge in [0.25, 0.3) is 5.91 Å². The van der Waals surface area contributed by atoms with Crippen LogP contribution in [0.4, 0.5) is 4.79 Å². The number of imide groups is 1. The standard InChI is InChI=1S/C18H23N3O5/c1-3-19-18(25)20-16(23)12(2)26-17(24)14-7-4-6-13(10-14)11-21-9-5-8-15(21)22/h4,6-7,10,12H,3,5,8-9,11H2,1-2H3,(H2,19,20,23,25). The summed E-state index contributed by atoms with van der Waals surface area (Å²) in [5, 5.41) is 4.51. The van der Waals surface area contributed by atoms with E-state index in [0.29, 0.717) is 26.1 Å². The van der Waals surface area contributed by atoms with Crippen LogP contribution in [0, 0.1) is 0 Å². The van der Waals surface area contributed by atoms with E-state index in [1.54, 1.807) is 30.0 Å². The largest absolute Gasteiger partial charge is 0.449 e. The molecule has 2 rings (SSSR count). The molecule has 0 spiro atoms. The Morgan fingerprint density at radius 1 is 1.31 bits per heavy atom. The minimum absolute atomic E-state index is 0.105. The summed E-state index contributed by atoms with van der Waals surface area (Å²) < 4.78 is 5.11. The van der Waals surface area contributed by atoms with Crippen molar-refractivity contribution in [2.75, 3.05) is 13.1 Å². The predicted molar refractivity (Wildman–Crippen MR) is 93.2 cm³/mol. The minimum Gasteiger partial charge on any atom is -0.449 e. The van der Waals surface area contributed by atoms with Crippen molar-refractivity contribution >= 4 is 23.8 Å². The molecule has 4 amide bonds. The molecule has 26 heavy (non-hydrogen) atoms. The van der Waals surface area contributed by atoms with Crippen molar-refractivity contribution < 1.29 is 23.9 Å². The SMILES string of the molecule is CCNC(=O)NC(=O)C(C)OC(=O)c1cccc(CN2CCCC2=O)c1. The number of likely N-dealkylation sites (tertiary alicyclic amines) is 1. The lowest BCUT2D eigenvalue weighted by Crippen LogP contribution is -2.44. The second-order valence-corrected chi connectivity index (χ2v) is 6.02. The van der Waals surface area contributed by atoms with Gasteiger partial charge in [0.05, 0.1) is 5.56 Å². The van der Waals surface area contributed by atoms with Crippen LogP contribution >= 0.6 is 0 Å². The smallest absolute Gasteiger partial charge is 0.338 e. The number of nitrogens with one attached hydrogen (secondary N) is 2. The molecular formula is C18H23N3O5. The number of ether oxygens (including phenoxy) is 1. The normalized spacial score (nSPS) is 14.7. The minimum atomic E-state index is -1.12. The molecule has 8 heteroatoms. The molecule has 0 radical (unpaired) electrons. The van der Waals surface area contributed by atoms with Gasteiger partial charge < -0.3 is 15.0 Å². The summed E-state index contributed by atoms with van der Waals surface area (Å²) in [6.45, 7) is 4.63. The highest BCUT2D eigenvalue weighted by molar-refractivity contribution is 5.98. The van der Waals surface area contributed by atoms with Crippen molar-refractivity contribution in [3.8, 4) is 0 Å². The number of hydrogen-bond acceptors (Lipinski definition) is 5. The predicted octanol–water partition coefficient (Wildman–Crippen LogP) is 1.20. The third-order valence-corrected chi connectivity index (χ3v) is 3.93. The van der Waals surface area contributed by atoms with Gasteiger partial charge in [-0.2, -0.15) is 0 Å². The number of nitrogens with zero attached hydrogens (tertiary/aromatic N) is 1. The van der Waals surface area contributed by atoms with Gasteiger partial charge in [-0.3, -0.25) is 14.9 Å². The Balaban J connectivity index is 1.94. The molecule has 1 fully saturated rings. The van der Waals surface area contributed by atoms with E-state index in [0.717, 1.165) is 12.0 Å². The Labute approximate surface area is 151 Å². The molecule has 1 aromatic carbocycles. The molecule has 0 aromatic heterocycles.